The van der Waals surface area contributed by atoms with Crippen molar-refractivity contribution in [1.82, 2.24) is 0 Å². The molecule has 0 unspecified atom stereocenters. The molecule has 1 amide bonds. The van der Waals surface area contributed by atoms with E-state index < -0.39 is 0 Å². The van der Waals surface area contributed by atoms with Gasteiger partial charge in [0, 0.05) is 44.9 Å². The Hall–Kier alpha value is -3.21. The number of aryl methyl sites for hydroxylation is 2. The smallest absolute Gasteiger partial charge is 0.248 e. The molecule has 4 rings (SSSR count). The summed E-state index contributed by atoms with van der Waals surface area (Å²) in [5.74, 6) is 0.435. The molecule has 1 heterocycles. The quantitative estimate of drug-likeness (QED) is 0.274. The van der Waals surface area contributed by atoms with Gasteiger partial charge in [0.15, 0.2) is 0 Å². The highest BCUT2D eigenvalue weighted by molar-refractivity contribution is 6.36. The minimum absolute atomic E-state index is 0.210. The summed E-state index contributed by atoms with van der Waals surface area (Å²) < 4.78 is 11.7. The Kier molecular flexibility index (Phi) is 7.01. The fourth-order valence-electron chi connectivity index (χ4n) is 4.05. The van der Waals surface area contributed by atoms with Gasteiger partial charge in [0.05, 0.1) is 17.9 Å². The summed E-state index contributed by atoms with van der Waals surface area (Å²) in [5, 5.41) is 4.92. The third kappa shape index (κ3) is 5.14. The molecule has 0 saturated heterocycles. The van der Waals surface area contributed by atoms with Crippen molar-refractivity contribution >= 4 is 51.3 Å². The Labute approximate surface area is 209 Å². The van der Waals surface area contributed by atoms with Crippen LogP contribution < -0.4 is 10.1 Å². The number of allylic oxidation sites excluding steroid dienone is 1. The lowest BCUT2D eigenvalue weighted by molar-refractivity contribution is -0.111. The molecule has 1 aromatic heterocycles. The molecular formula is C28H25Cl2NO3. The van der Waals surface area contributed by atoms with Crippen LogP contribution >= 0.6 is 23.2 Å². The minimum atomic E-state index is -0.210. The molecule has 0 atom stereocenters. The predicted molar refractivity (Wildman–Crippen MR) is 141 cm³/mol. The molecule has 0 bridgehead atoms. The van der Waals surface area contributed by atoms with Crippen LogP contribution in [-0.2, 0) is 4.79 Å². The van der Waals surface area contributed by atoms with Crippen LogP contribution in [0.5, 0.6) is 5.75 Å². The molecule has 0 saturated carbocycles. The molecule has 174 valence electrons. The molecule has 3 aromatic carbocycles. The van der Waals surface area contributed by atoms with Crippen molar-refractivity contribution in [2.24, 2.45) is 0 Å². The number of halogens is 2. The maximum absolute atomic E-state index is 12.8. The fourth-order valence-corrected chi connectivity index (χ4v) is 4.56. The van der Waals surface area contributed by atoms with Crippen LogP contribution in [0.3, 0.4) is 0 Å². The maximum atomic E-state index is 12.8. The van der Waals surface area contributed by atoms with E-state index in [-0.39, 0.29) is 5.91 Å². The zero-order valence-electron chi connectivity index (χ0n) is 19.5. The first-order chi connectivity index (χ1) is 16.2. The third-order valence-electron chi connectivity index (χ3n) is 5.46. The Bertz CT molecular complexity index is 1400. The molecule has 34 heavy (non-hydrogen) atoms. The van der Waals surface area contributed by atoms with Crippen LogP contribution in [0.4, 0.5) is 5.69 Å². The van der Waals surface area contributed by atoms with E-state index in [2.05, 4.69) is 11.4 Å². The number of carbonyl (C=O) groups excluding carboxylic acids is 1. The molecule has 0 aliphatic rings. The largest absolute Gasteiger partial charge is 0.493 e. The number of anilines is 1. The van der Waals surface area contributed by atoms with Gasteiger partial charge in [-0.1, -0.05) is 35.3 Å². The first kappa shape index (κ1) is 23.9. The van der Waals surface area contributed by atoms with E-state index in [1.807, 2.05) is 58.0 Å². The predicted octanol–water partition coefficient (Wildman–Crippen LogP) is 8.46. The molecule has 4 aromatic rings. The summed E-state index contributed by atoms with van der Waals surface area (Å²) in [6.45, 7) is 8.29. The molecular weight excluding hydrogens is 469 g/mol. The molecule has 0 fully saturated rings. The molecule has 6 heteroatoms. The van der Waals surface area contributed by atoms with Gasteiger partial charge in [-0.3, -0.25) is 4.79 Å². The van der Waals surface area contributed by atoms with Crippen LogP contribution in [0.15, 0.2) is 65.3 Å². The normalized spacial score (nSPS) is 11.6. The van der Waals surface area contributed by atoms with Crippen LogP contribution in [-0.4, -0.2) is 12.5 Å². The zero-order valence-corrected chi connectivity index (χ0v) is 21.0. The first-order valence-corrected chi connectivity index (χ1v) is 11.7. The zero-order chi connectivity index (χ0) is 24.4. The van der Waals surface area contributed by atoms with Crippen molar-refractivity contribution in [2.75, 3.05) is 11.9 Å². The molecule has 4 nitrogen and oxygen atoms in total. The Balaban J connectivity index is 1.74. The monoisotopic (exact) mass is 493 g/mol. The highest BCUT2D eigenvalue weighted by Gasteiger charge is 2.17. The van der Waals surface area contributed by atoms with Gasteiger partial charge < -0.3 is 14.5 Å². The molecule has 1 N–H and O–H groups in total. The number of carbonyl (C=O) groups is 1. The first-order valence-electron chi connectivity index (χ1n) is 11.0. The molecule has 0 spiro atoms. The van der Waals surface area contributed by atoms with Crippen LogP contribution in [0.1, 0.15) is 30.5 Å². The second-order valence-electron chi connectivity index (χ2n) is 8.24. The van der Waals surface area contributed by atoms with Crippen molar-refractivity contribution in [3.8, 4) is 16.9 Å². The van der Waals surface area contributed by atoms with Crippen molar-refractivity contribution in [1.29, 1.82) is 0 Å². The van der Waals surface area contributed by atoms with Gasteiger partial charge >= 0.3 is 0 Å². The lowest BCUT2D eigenvalue weighted by atomic mass is 9.99. The number of nitrogens with one attached hydrogen (secondary N) is 1. The number of amides is 1. The van der Waals surface area contributed by atoms with Crippen molar-refractivity contribution in [2.45, 2.75) is 27.7 Å². The summed E-state index contributed by atoms with van der Waals surface area (Å²) in [7, 11) is 0. The van der Waals surface area contributed by atoms with Crippen LogP contribution in [0.25, 0.3) is 27.7 Å². The van der Waals surface area contributed by atoms with Gasteiger partial charge in [-0.05, 0) is 74.7 Å². The SMILES string of the molecule is CCOc1cc2occ(-c3ccc(Cl)cc3Cl)c2cc1/C(C)=C/C(=O)Nc1cc(C)cc(C)c1. The minimum Gasteiger partial charge on any atom is -0.493 e. The lowest BCUT2D eigenvalue weighted by Crippen LogP contribution is -2.09. The summed E-state index contributed by atoms with van der Waals surface area (Å²) in [5.41, 5.74) is 6.84. The van der Waals surface area contributed by atoms with E-state index in [0.29, 0.717) is 28.0 Å². The molecule has 0 aliphatic heterocycles. The van der Waals surface area contributed by atoms with Crippen molar-refractivity contribution in [3.63, 3.8) is 0 Å². The maximum Gasteiger partial charge on any atom is 0.248 e. The standard InChI is InChI=1S/C28H25Cl2NO3/c1-5-33-26-14-27-23(24(15-34-27)21-7-6-19(29)12-25(21)30)13-22(26)18(4)11-28(32)31-20-9-16(2)8-17(3)10-20/h6-15H,5H2,1-4H3,(H,31,32)/b18-11+. The van der Waals surface area contributed by atoms with E-state index in [0.717, 1.165) is 44.5 Å². The third-order valence-corrected chi connectivity index (χ3v) is 6.01. The van der Waals surface area contributed by atoms with E-state index in [9.17, 15) is 4.79 Å². The number of hydrogen-bond donors (Lipinski definition) is 1. The highest BCUT2D eigenvalue weighted by Crippen LogP contribution is 2.40. The Morgan fingerprint density at radius 2 is 1.76 bits per heavy atom. The number of benzene rings is 3. The topological polar surface area (TPSA) is 51.5 Å². The van der Waals surface area contributed by atoms with Gasteiger partial charge in [-0.2, -0.15) is 0 Å². The molecule has 0 radical (unpaired) electrons. The van der Waals surface area contributed by atoms with Gasteiger partial charge in [0.1, 0.15) is 11.3 Å². The highest BCUT2D eigenvalue weighted by atomic mass is 35.5. The summed E-state index contributed by atoms with van der Waals surface area (Å²) in [6, 6.07) is 15.1. The molecule has 0 aliphatic carbocycles. The van der Waals surface area contributed by atoms with Crippen molar-refractivity contribution < 1.29 is 13.9 Å². The summed E-state index contributed by atoms with van der Waals surface area (Å²) >= 11 is 12.5. The Morgan fingerprint density at radius 1 is 1.03 bits per heavy atom. The van der Waals surface area contributed by atoms with Crippen LogP contribution in [0.2, 0.25) is 10.0 Å². The van der Waals surface area contributed by atoms with Gasteiger partial charge in [-0.15, -0.1) is 0 Å². The van der Waals surface area contributed by atoms with Crippen molar-refractivity contribution in [3.05, 3.63) is 87.6 Å². The van der Waals surface area contributed by atoms with E-state index in [1.54, 1.807) is 24.5 Å². The summed E-state index contributed by atoms with van der Waals surface area (Å²) in [6.07, 6.45) is 3.25. The van der Waals surface area contributed by atoms with Gasteiger partial charge in [-0.25, -0.2) is 0 Å². The number of ether oxygens (including phenoxy) is 1. The number of fused-ring (bicyclic) bond motifs is 1. The Morgan fingerprint density at radius 3 is 2.44 bits per heavy atom. The van der Waals surface area contributed by atoms with E-state index in [4.69, 9.17) is 32.4 Å². The van der Waals surface area contributed by atoms with Gasteiger partial charge in [0.25, 0.3) is 0 Å². The summed E-state index contributed by atoms with van der Waals surface area (Å²) in [4.78, 5) is 12.8. The van der Waals surface area contributed by atoms with Crippen LogP contribution in [0, 0.1) is 13.8 Å². The lowest BCUT2D eigenvalue weighted by Gasteiger charge is -2.12. The van der Waals surface area contributed by atoms with Gasteiger partial charge in [0.2, 0.25) is 5.91 Å². The fraction of sp³-hybridized carbons (Fsp3) is 0.179. The second kappa shape index (κ2) is 9.96. The second-order valence-corrected chi connectivity index (χ2v) is 9.09. The van der Waals surface area contributed by atoms with E-state index >= 15 is 0 Å². The average Bonchev–Trinajstić information content (AvgIpc) is 3.15. The number of rotatable bonds is 6. The number of hydrogen-bond acceptors (Lipinski definition) is 3. The number of furan rings is 1. The van der Waals surface area contributed by atoms with E-state index in [1.165, 1.54) is 0 Å². The average molecular weight is 494 g/mol.